The van der Waals surface area contributed by atoms with Crippen molar-refractivity contribution in [2.75, 3.05) is 12.8 Å². The molecule has 1 aromatic heterocycles. The van der Waals surface area contributed by atoms with Crippen LogP contribution in [0.25, 0.3) is 11.3 Å². The molecule has 25 heavy (non-hydrogen) atoms. The first-order chi connectivity index (χ1) is 12.2. The van der Waals surface area contributed by atoms with Crippen molar-refractivity contribution in [3.05, 3.63) is 71.9 Å². The molecule has 1 amide bonds. The summed E-state index contributed by atoms with van der Waals surface area (Å²) in [6, 6.07) is 18.6. The van der Waals surface area contributed by atoms with E-state index in [9.17, 15) is 9.90 Å². The van der Waals surface area contributed by atoms with Gasteiger partial charge in [0.15, 0.2) is 11.5 Å². The summed E-state index contributed by atoms with van der Waals surface area (Å²) in [7, 11) is 0. The number of thioether (sulfide) groups is 1. The normalized spacial score (nSPS) is 11.9. The number of aliphatic hydroxyl groups is 1. The average molecular weight is 354 g/mol. The summed E-state index contributed by atoms with van der Waals surface area (Å²) < 4.78 is 5.21. The maximum absolute atomic E-state index is 12.2. The molecule has 128 valence electrons. The Morgan fingerprint density at radius 1 is 1.20 bits per heavy atom. The van der Waals surface area contributed by atoms with E-state index in [1.807, 2.05) is 60.9 Å². The highest BCUT2D eigenvalue weighted by Gasteiger charge is 2.15. The summed E-state index contributed by atoms with van der Waals surface area (Å²) in [5, 5.41) is 16.7. The second-order valence-corrected chi connectivity index (χ2v) is 6.32. The second kappa shape index (κ2) is 8.00. The van der Waals surface area contributed by atoms with Crippen LogP contribution in [0.15, 0.2) is 70.1 Å². The lowest BCUT2D eigenvalue weighted by molar-refractivity contribution is 0.0907. The van der Waals surface area contributed by atoms with Crippen LogP contribution in [0, 0.1) is 0 Å². The molecule has 1 heterocycles. The van der Waals surface area contributed by atoms with Gasteiger partial charge in [-0.3, -0.25) is 4.79 Å². The number of rotatable bonds is 6. The number of benzene rings is 2. The Morgan fingerprint density at radius 3 is 2.60 bits per heavy atom. The largest absolute Gasteiger partial charge is 0.387 e. The number of aliphatic hydroxyl groups excluding tert-OH is 1. The van der Waals surface area contributed by atoms with E-state index in [1.54, 1.807) is 17.8 Å². The van der Waals surface area contributed by atoms with Gasteiger partial charge in [-0.2, -0.15) is 0 Å². The fraction of sp³-hybridized carbons (Fsp3) is 0.158. The first kappa shape index (κ1) is 17.3. The highest BCUT2D eigenvalue weighted by atomic mass is 32.2. The summed E-state index contributed by atoms with van der Waals surface area (Å²) in [6.45, 7) is 0.102. The number of nitrogens with zero attached hydrogens (tertiary/aromatic N) is 1. The molecule has 0 fully saturated rings. The molecule has 1 unspecified atom stereocenters. The van der Waals surface area contributed by atoms with Gasteiger partial charge in [-0.15, -0.1) is 11.8 Å². The number of amides is 1. The van der Waals surface area contributed by atoms with Crippen LogP contribution in [0.5, 0.6) is 0 Å². The Labute approximate surface area is 150 Å². The lowest BCUT2D eigenvalue weighted by Crippen LogP contribution is -2.28. The van der Waals surface area contributed by atoms with E-state index in [0.29, 0.717) is 5.76 Å². The van der Waals surface area contributed by atoms with E-state index in [4.69, 9.17) is 4.52 Å². The molecule has 0 aliphatic carbocycles. The van der Waals surface area contributed by atoms with Gasteiger partial charge in [-0.05, 0) is 24.0 Å². The highest BCUT2D eigenvalue weighted by molar-refractivity contribution is 7.98. The molecule has 5 nitrogen and oxygen atoms in total. The molecule has 0 radical (unpaired) electrons. The first-order valence-electron chi connectivity index (χ1n) is 7.79. The number of hydrogen-bond acceptors (Lipinski definition) is 5. The summed E-state index contributed by atoms with van der Waals surface area (Å²) in [6.07, 6.45) is 1.22. The van der Waals surface area contributed by atoms with E-state index in [0.717, 1.165) is 16.0 Å². The molecule has 0 aliphatic rings. The summed E-state index contributed by atoms with van der Waals surface area (Å²) in [5.74, 6) is 0.143. The van der Waals surface area contributed by atoms with Crippen molar-refractivity contribution < 1.29 is 14.4 Å². The van der Waals surface area contributed by atoms with Crippen molar-refractivity contribution in [3.8, 4) is 11.3 Å². The molecular weight excluding hydrogens is 336 g/mol. The minimum atomic E-state index is -0.777. The maximum atomic E-state index is 12.2. The Hall–Kier alpha value is -2.57. The van der Waals surface area contributed by atoms with E-state index in [2.05, 4.69) is 10.5 Å². The predicted molar refractivity (Wildman–Crippen MR) is 97.5 cm³/mol. The van der Waals surface area contributed by atoms with Gasteiger partial charge in [0.05, 0.1) is 6.10 Å². The van der Waals surface area contributed by atoms with E-state index in [1.165, 1.54) is 0 Å². The molecule has 2 aromatic carbocycles. The lowest BCUT2D eigenvalue weighted by atomic mass is 10.1. The van der Waals surface area contributed by atoms with Gasteiger partial charge in [-0.1, -0.05) is 47.6 Å². The molecular formula is C19H18N2O3S. The molecule has 3 aromatic rings. The molecule has 2 N–H and O–H groups in total. The van der Waals surface area contributed by atoms with E-state index < -0.39 is 6.10 Å². The van der Waals surface area contributed by atoms with Gasteiger partial charge in [0.25, 0.3) is 5.91 Å². The number of nitrogens with one attached hydrogen (secondary N) is 1. The summed E-state index contributed by atoms with van der Waals surface area (Å²) >= 11 is 1.64. The molecule has 0 aliphatic heterocycles. The van der Waals surface area contributed by atoms with Crippen LogP contribution < -0.4 is 5.32 Å². The smallest absolute Gasteiger partial charge is 0.273 e. The SMILES string of the molecule is CSc1ccc(C(O)CNC(=O)c2cc(-c3ccccc3)on2)cc1. The van der Waals surface area contributed by atoms with Crippen molar-refractivity contribution in [1.29, 1.82) is 0 Å². The zero-order valence-corrected chi connectivity index (χ0v) is 14.5. The van der Waals surface area contributed by atoms with Crippen molar-refractivity contribution in [2.24, 2.45) is 0 Å². The molecule has 0 bridgehead atoms. The Bertz CT molecular complexity index is 831. The Kier molecular flexibility index (Phi) is 5.53. The Balaban J connectivity index is 1.59. The van der Waals surface area contributed by atoms with Crippen LogP contribution in [0.1, 0.15) is 22.2 Å². The predicted octanol–water partition coefficient (Wildman–Crippen LogP) is 3.53. The number of hydrogen-bond donors (Lipinski definition) is 2. The van der Waals surface area contributed by atoms with Crippen LogP contribution >= 0.6 is 11.8 Å². The minimum absolute atomic E-state index is 0.102. The van der Waals surface area contributed by atoms with Crippen molar-refractivity contribution >= 4 is 17.7 Å². The van der Waals surface area contributed by atoms with Crippen LogP contribution in [-0.2, 0) is 0 Å². The minimum Gasteiger partial charge on any atom is -0.387 e. The lowest BCUT2D eigenvalue weighted by Gasteiger charge is -2.12. The third kappa shape index (κ3) is 4.29. The first-order valence-corrected chi connectivity index (χ1v) is 9.02. The fourth-order valence-electron chi connectivity index (χ4n) is 2.34. The second-order valence-electron chi connectivity index (χ2n) is 5.44. The van der Waals surface area contributed by atoms with E-state index in [-0.39, 0.29) is 18.1 Å². The zero-order chi connectivity index (χ0) is 17.6. The Morgan fingerprint density at radius 2 is 1.92 bits per heavy atom. The van der Waals surface area contributed by atoms with Gasteiger partial charge < -0.3 is 14.9 Å². The van der Waals surface area contributed by atoms with Crippen molar-refractivity contribution in [3.63, 3.8) is 0 Å². The third-order valence-corrected chi connectivity index (χ3v) is 4.50. The highest BCUT2D eigenvalue weighted by Crippen LogP contribution is 2.20. The van der Waals surface area contributed by atoms with Gasteiger partial charge in [0.2, 0.25) is 0 Å². The van der Waals surface area contributed by atoms with Gasteiger partial charge in [-0.25, -0.2) is 0 Å². The monoisotopic (exact) mass is 354 g/mol. The van der Waals surface area contributed by atoms with Crippen LogP contribution in [-0.4, -0.2) is 29.0 Å². The maximum Gasteiger partial charge on any atom is 0.273 e. The van der Waals surface area contributed by atoms with Gasteiger partial charge in [0, 0.05) is 23.1 Å². The summed E-state index contributed by atoms with van der Waals surface area (Å²) in [4.78, 5) is 13.3. The number of carbonyl (C=O) groups is 1. The van der Waals surface area contributed by atoms with Crippen molar-refractivity contribution in [2.45, 2.75) is 11.0 Å². The number of carbonyl (C=O) groups excluding carboxylic acids is 1. The van der Waals surface area contributed by atoms with Crippen LogP contribution in [0.2, 0.25) is 0 Å². The fourth-order valence-corrected chi connectivity index (χ4v) is 2.75. The molecule has 0 saturated carbocycles. The molecule has 6 heteroatoms. The topological polar surface area (TPSA) is 75.4 Å². The molecule has 1 atom stereocenters. The van der Waals surface area contributed by atoms with Gasteiger partial charge in [0.1, 0.15) is 0 Å². The molecule has 3 rings (SSSR count). The van der Waals surface area contributed by atoms with Gasteiger partial charge >= 0.3 is 0 Å². The standard InChI is InChI=1S/C19H18N2O3S/c1-25-15-9-7-13(8-10-15)17(22)12-20-19(23)16-11-18(24-21-16)14-5-3-2-4-6-14/h2-11,17,22H,12H2,1H3,(H,20,23). The third-order valence-electron chi connectivity index (χ3n) is 3.76. The quantitative estimate of drug-likeness (QED) is 0.663. The summed E-state index contributed by atoms with van der Waals surface area (Å²) in [5.41, 5.74) is 1.79. The van der Waals surface area contributed by atoms with E-state index >= 15 is 0 Å². The van der Waals surface area contributed by atoms with Crippen LogP contribution in [0.3, 0.4) is 0 Å². The van der Waals surface area contributed by atoms with Crippen molar-refractivity contribution in [1.82, 2.24) is 10.5 Å². The average Bonchev–Trinajstić information content (AvgIpc) is 3.17. The number of aromatic nitrogens is 1. The van der Waals surface area contributed by atoms with Crippen LogP contribution in [0.4, 0.5) is 0 Å². The zero-order valence-electron chi connectivity index (χ0n) is 13.7. The molecule has 0 saturated heterocycles. The molecule has 0 spiro atoms.